The molecule has 0 aliphatic carbocycles. The third-order valence-electron chi connectivity index (χ3n) is 3.75. The van der Waals surface area contributed by atoms with E-state index >= 15 is 0 Å². The average molecular weight is 367 g/mol. The summed E-state index contributed by atoms with van der Waals surface area (Å²) >= 11 is 0. The van der Waals surface area contributed by atoms with Gasteiger partial charge in [-0.05, 0) is 32.0 Å². The predicted molar refractivity (Wildman–Crippen MR) is 98.2 cm³/mol. The number of nitro groups is 1. The third-order valence-corrected chi connectivity index (χ3v) is 3.75. The summed E-state index contributed by atoms with van der Waals surface area (Å²) in [6, 6.07) is 11.4. The van der Waals surface area contributed by atoms with Crippen molar-refractivity contribution in [3.8, 4) is 11.3 Å². The van der Waals surface area contributed by atoms with E-state index < -0.39 is 4.92 Å². The van der Waals surface area contributed by atoms with Crippen molar-refractivity contribution in [3.05, 3.63) is 69.7 Å². The molecule has 3 aromatic rings. The fourth-order valence-electron chi connectivity index (χ4n) is 2.52. The van der Waals surface area contributed by atoms with Crippen molar-refractivity contribution in [3.63, 3.8) is 0 Å². The Morgan fingerprint density at radius 3 is 2.85 bits per heavy atom. The van der Waals surface area contributed by atoms with Gasteiger partial charge >= 0.3 is 0 Å². The first-order valence-corrected chi connectivity index (χ1v) is 8.10. The smallest absolute Gasteiger partial charge is 0.270 e. The van der Waals surface area contributed by atoms with Crippen molar-refractivity contribution >= 4 is 17.8 Å². The van der Waals surface area contributed by atoms with Gasteiger partial charge in [0, 0.05) is 23.4 Å². The van der Waals surface area contributed by atoms with Crippen LogP contribution in [0.1, 0.15) is 17.1 Å². The molecule has 0 fully saturated rings. The van der Waals surface area contributed by atoms with Gasteiger partial charge in [-0.1, -0.05) is 12.1 Å². The highest BCUT2D eigenvalue weighted by Gasteiger charge is 2.10. The number of carbonyl (C=O) groups is 1. The Morgan fingerprint density at radius 2 is 2.15 bits per heavy atom. The lowest BCUT2D eigenvalue weighted by Crippen LogP contribution is -2.24. The molecular weight excluding hydrogens is 350 g/mol. The molecule has 27 heavy (non-hydrogen) atoms. The molecule has 2 aromatic heterocycles. The van der Waals surface area contributed by atoms with E-state index in [1.54, 1.807) is 28.9 Å². The van der Waals surface area contributed by atoms with E-state index in [-0.39, 0.29) is 18.1 Å². The summed E-state index contributed by atoms with van der Waals surface area (Å²) in [5.41, 5.74) is 4.70. The average Bonchev–Trinajstić information content (AvgIpc) is 3.21. The minimum atomic E-state index is -0.465. The summed E-state index contributed by atoms with van der Waals surface area (Å²) in [6.45, 7) is 3.79. The highest BCUT2D eigenvalue weighted by atomic mass is 16.6. The van der Waals surface area contributed by atoms with Gasteiger partial charge in [-0.25, -0.2) is 5.43 Å². The van der Waals surface area contributed by atoms with Crippen LogP contribution < -0.4 is 5.43 Å². The highest BCUT2D eigenvalue weighted by molar-refractivity contribution is 5.81. The number of nitrogens with zero attached hydrogens (tertiary/aromatic N) is 4. The topological polar surface area (TPSA) is 116 Å². The maximum absolute atomic E-state index is 11.9. The molecule has 0 unspecified atom stereocenters. The first-order chi connectivity index (χ1) is 12.9. The molecule has 138 valence electrons. The van der Waals surface area contributed by atoms with Gasteiger partial charge in [0.1, 0.15) is 18.1 Å². The van der Waals surface area contributed by atoms with E-state index in [0.29, 0.717) is 17.1 Å². The maximum Gasteiger partial charge on any atom is 0.270 e. The highest BCUT2D eigenvalue weighted by Crippen LogP contribution is 2.25. The summed E-state index contributed by atoms with van der Waals surface area (Å²) in [7, 11) is 0. The van der Waals surface area contributed by atoms with Gasteiger partial charge in [-0.2, -0.15) is 10.2 Å². The minimum absolute atomic E-state index is 0.0180. The van der Waals surface area contributed by atoms with Crippen LogP contribution in [0.4, 0.5) is 5.69 Å². The van der Waals surface area contributed by atoms with E-state index in [1.165, 1.54) is 18.3 Å². The third kappa shape index (κ3) is 4.46. The monoisotopic (exact) mass is 367 g/mol. The van der Waals surface area contributed by atoms with Crippen LogP contribution >= 0.6 is 0 Å². The van der Waals surface area contributed by atoms with Gasteiger partial charge < -0.3 is 4.42 Å². The first-order valence-electron chi connectivity index (χ1n) is 8.10. The number of benzene rings is 1. The van der Waals surface area contributed by atoms with Crippen molar-refractivity contribution < 1.29 is 14.1 Å². The molecule has 0 spiro atoms. The van der Waals surface area contributed by atoms with E-state index in [2.05, 4.69) is 15.6 Å². The Hall–Kier alpha value is -3.75. The van der Waals surface area contributed by atoms with Crippen molar-refractivity contribution in [2.45, 2.75) is 20.4 Å². The summed E-state index contributed by atoms with van der Waals surface area (Å²) in [6.07, 6.45) is 1.36. The number of hydrogen-bond donors (Lipinski definition) is 1. The van der Waals surface area contributed by atoms with Gasteiger partial charge in [0.25, 0.3) is 11.6 Å². The number of amides is 1. The molecule has 0 bridgehead atoms. The van der Waals surface area contributed by atoms with Crippen LogP contribution in [0.25, 0.3) is 11.3 Å². The second kappa shape index (κ2) is 7.65. The fraction of sp³-hybridized carbons (Fsp3) is 0.167. The summed E-state index contributed by atoms with van der Waals surface area (Å²) in [4.78, 5) is 22.3. The van der Waals surface area contributed by atoms with E-state index in [9.17, 15) is 14.9 Å². The number of rotatable bonds is 6. The first kappa shape index (κ1) is 18.1. The number of non-ortho nitro benzene ring substituents is 1. The zero-order valence-corrected chi connectivity index (χ0v) is 14.7. The van der Waals surface area contributed by atoms with Gasteiger partial charge in [0.05, 0.1) is 16.8 Å². The standard InChI is InChI=1S/C18H17N5O4/c1-12-8-13(2)22(21-12)11-18(24)20-19-10-16-6-7-17(27-16)14-4-3-5-15(9-14)23(25)26/h3-10H,11H2,1-2H3,(H,20,24)/b19-10+. The van der Waals surface area contributed by atoms with Crippen LogP contribution in [0.5, 0.6) is 0 Å². The van der Waals surface area contributed by atoms with Crippen LogP contribution in [0.15, 0.2) is 52.0 Å². The van der Waals surface area contributed by atoms with Crippen LogP contribution in [0, 0.1) is 24.0 Å². The van der Waals surface area contributed by atoms with Crippen molar-refractivity contribution in [1.29, 1.82) is 0 Å². The molecule has 2 heterocycles. The zero-order valence-electron chi connectivity index (χ0n) is 14.7. The second-order valence-corrected chi connectivity index (χ2v) is 5.89. The Labute approximate surface area is 154 Å². The molecule has 0 atom stereocenters. The molecule has 0 aliphatic rings. The maximum atomic E-state index is 11.9. The summed E-state index contributed by atoms with van der Waals surface area (Å²) in [5, 5.41) is 18.9. The Balaban J connectivity index is 1.62. The van der Waals surface area contributed by atoms with Crippen LogP contribution in [-0.2, 0) is 11.3 Å². The fourth-order valence-corrected chi connectivity index (χ4v) is 2.52. The second-order valence-electron chi connectivity index (χ2n) is 5.89. The molecule has 1 aromatic carbocycles. The van der Waals surface area contributed by atoms with Crippen LogP contribution in [0.2, 0.25) is 0 Å². The number of nitro benzene ring substituents is 1. The number of aryl methyl sites for hydroxylation is 2. The predicted octanol–water partition coefficient (Wildman–Crippen LogP) is 2.82. The summed E-state index contributed by atoms with van der Waals surface area (Å²) in [5.74, 6) is 0.556. The number of carbonyl (C=O) groups excluding carboxylic acids is 1. The number of hydrazone groups is 1. The number of aromatic nitrogens is 2. The lowest BCUT2D eigenvalue weighted by molar-refractivity contribution is -0.384. The molecule has 0 saturated carbocycles. The number of furan rings is 1. The van der Waals surface area contributed by atoms with E-state index in [1.807, 2.05) is 19.9 Å². The molecule has 1 amide bonds. The molecule has 0 radical (unpaired) electrons. The zero-order chi connectivity index (χ0) is 19.4. The van der Waals surface area contributed by atoms with Crippen molar-refractivity contribution in [2.75, 3.05) is 0 Å². The van der Waals surface area contributed by atoms with Gasteiger partial charge in [-0.15, -0.1) is 0 Å². The van der Waals surface area contributed by atoms with E-state index in [0.717, 1.165) is 11.4 Å². The largest absolute Gasteiger partial charge is 0.455 e. The van der Waals surface area contributed by atoms with Crippen molar-refractivity contribution in [1.82, 2.24) is 15.2 Å². The molecule has 0 aliphatic heterocycles. The van der Waals surface area contributed by atoms with Crippen LogP contribution in [0.3, 0.4) is 0 Å². The molecule has 1 N–H and O–H groups in total. The van der Waals surface area contributed by atoms with Gasteiger partial charge in [0.2, 0.25) is 0 Å². The Bertz CT molecular complexity index is 1020. The van der Waals surface area contributed by atoms with Crippen LogP contribution in [-0.4, -0.2) is 26.8 Å². The quantitative estimate of drug-likeness (QED) is 0.408. The van der Waals surface area contributed by atoms with Crippen molar-refractivity contribution in [2.24, 2.45) is 5.10 Å². The lowest BCUT2D eigenvalue weighted by Gasteiger charge is -2.02. The molecular formula is C18H17N5O4. The van der Waals surface area contributed by atoms with E-state index in [4.69, 9.17) is 4.42 Å². The lowest BCUT2D eigenvalue weighted by atomic mass is 10.1. The molecule has 9 heteroatoms. The Morgan fingerprint density at radius 1 is 1.33 bits per heavy atom. The SMILES string of the molecule is Cc1cc(C)n(CC(=O)N/N=C/c2ccc(-c3cccc([N+](=O)[O-])c3)o2)n1. The molecule has 9 nitrogen and oxygen atoms in total. The minimum Gasteiger partial charge on any atom is -0.455 e. The van der Waals surface area contributed by atoms with Gasteiger partial charge in [0.15, 0.2) is 0 Å². The van der Waals surface area contributed by atoms with Gasteiger partial charge in [-0.3, -0.25) is 19.6 Å². The summed E-state index contributed by atoms with van der Waals surface area (Å²) < 4.78 is 7.18. The Kier molecular flexibility index (Phi) is 5.11. The number of hydrogen-bond acceptors (Lipinski definition) is 6. The molecule has 3 rings (SSSR count). The number of nitrogens with one attached hydrogen (secondary N) is 1. The normalized spacial score (nSPS) is 11.0. The molecule has 0 saturated heterocycles.